The summed E-state index contributed by atoms with van der Waals surface area (Å²) >= 11 is 11.4. The van der Waals surface area contributed by atoms with Gasteiger partial charge in [-0.25, -0.2) is 9.50 Å². The van der Waals surface area contributed by atoms with Crippen LogP contribution in [0.5, 0.6) is 0 Å². The zero-order chi connectivity index (χ0) is 9.26. The summed E-state index contributed by atoms with van der Waals surface area (Å²) in [5.74, 6) is 1.28. The molecular formula is C8H7Cl2N3. The summed E-state index contributed by atoms with van der Waals surface area (Å²) in [6, 6.07) is 3.61. The Hall–Kier alpha value is -0.800. The minimum atomic E-state index is 0.532. The Labute approximate surface area is 85.3 Å². The summed E-state index contributed by atoms with van der Waals surface area (Å²) in [6.07, 6.45) is 2.41. The van der Waals surface area contributed by atoms with E-state index in [2.05, 4.69) is 10.1 Å². The number of aromatic nitrogens is 3. The van der Waals surface area contributed by atoms with Crippen molar-refractivity contribution in [1.82, 2.24) is 14.6 Å². The maximum absolute atomic E-state index is 5.79. The third-order valence-corrected chi connectivity index (χ3v) is 2.07. The highest BCUT2D eigenvalue weighted by atomic mass is 35.5. The second-order valence-corrected chi connectivity index (χ2v) is 3.43. The summed E-state index contributed by atoms with van der Waals surface area (Å²) in [4.78, 5) is 4.25. The summed E-state index contributed by atoms with van der Waals surface area (Å²) in [7, 11) is 0. The number of nitrogens with zero attached hydrogens (tertiary/aromatic N) is 3. The molecule has 5 heteroatoms. The van der Waals surface area contributed by atoms with Crippen molar-refractivity contribution in [3.63, 3.8) is 0 Å². The van der Waals surface area contributed by atoms with E-state index in [4.69, 9.17) is 23.2 Å². The zero-order valence-electron chi connectivity index (χ0n) is 6.74. The number of rotatable bonds is 2. The maximum atomic E-state index is 5.79. The highest BCUT2D eigenvalue weighted by molar-refractivity contribution is 6.30. The first kappa shape index (κ1) is 8.78. The fraction of sp³-hybridized carbons (Fsp3) is 0.250. The number of fused-ring (bicyclic) bond motifs is 1. The summed E-state index contributed by atoms with van der Waals surface area (Å²) in [6.45, 7) is 0. The minimum Gasteiger partial charge on any atom is -0.219 e. The molecule has 2 aromatic rings. The van der Waals surface area contributed by atoms with Crippen LogP contribution in [0, 0.1) is 0 Å². The molecule has 0 aliphatic heterocycles. The SMILES string of the molecule is ClCCc1nc2ccc(Cl)cn2n1. The summed E-state index contributed by atoms with van der Waals surface area (Å²) < 4.78 is 1.66. The maximum Gasteiger partial charge on any atom is 0.155 e. The number of halogens is 2. The van der Waals surface area contributed by atoms with Gasteiger partial charge < -0.3 is 0 Å². The molecule has 2 aromatic heterocycles. The lowest BCUT2D eigenvalue weighted by molar-refractivity contribution is 0.888. The van der Waals surface area contributed by atoms with Crippen molar-refractivity contribution in [2.75, 3.05) is 5.88 Å². The van der Waals surface area contributed by atoms with E-state index in [0.29, 0.717) is 17.3 Å². The Balaban J connectivity index is 2.49. The highest BCUT2D eigenvalue weighted by Gasteiger charge is 2.02. The summed E-state index contributed by atoms with van der Waals surface area (Å²) in [5, 5.41) is 4.85. The Kier molecular flexibility index (Phi) is 2.38. The molecule has 2 rings (SSSR count). The standard InChI is InChI=1S/C8H7Cl2N3/c9-4-3-7-11-8-2-1-6(10)5-13(8)12-7/h1-2,5H,3-4H2. The molecule has 0 aromatic carbocycles. The Morgan fingerprint density at radius 2 is 2.23 bits per heavy atom. The predicted molar refractivity (Wildman–Crippen MR) is 52.4 cm³/mol. The van der Waals surface area contributed by atoms with Gasteiger partial charge in [0.1, 0.15) is 0 Å². The molecule has 0 atom stereocenters. The lowest BCUT2D eigenvalue weighted by Crippen LogP contribution is -1.90. The van der Waals surface area contributed by atoms with Gasteiger partial charge in [0.2, 0.25) is 0 Å². The topological polar surface area (TPSA) is 30.2 Å². The number of pyridine rings is 1. The third kappa shape index (κ3) is 1.76. The van der Waals surface area contributed by atoms with Crippen LogP contribution in [0.25, 0.3) is 5.65 Å². The van der Waals surface area contributed by atoms with Gasteiger partial charge in [-0.2, -0.15) is 5.10 Å². The molecule has 0 aliphatic carbocycles. The van der Waals surface area contributed by atoms with Gasteiger partial charge in [-0.1, -0.05) is 11.6 Å². The minimum absolute atomic E-state index is 0.532. The average molecular weight is 216 g/mol. The number of hydrogen-bond acceptors (Lipinski definition) is 2. The molecule has 3 nitrogen and oxygen atoms in total. The number of alkyl halides is 1. The smallest absolute Gasteiger partial charge is 0.155 e. The fourth-order valence-electron chi connectivity index (χ4n) is 1.09. The van der Waals surface area contributed by atoms with Crippen LogP contribution in [-0.4, -0.2) is 20.5 Å². The second-order valence-electron chi connectivity index (χ2n) is 2.62. The number of hydrogen-bond donors (Lipinski definition) is 0. The largest absolute Gasteiger partial charge is 0.219 e. The lowest BCUT2D eigenvalue weighted by Gasteiger charge is -1.89. The van der Waals surface area contributed by atoms with E-state index >= 15 is 0 Å². The monoisotopic (exact) mass is 215 g/mol. The first-order valence-electron chi connectivity index (χ1n) is 3.86. The fourth-order valence-corrected chi connectivity index (χ4v) is 1.42. The molecule has 68 valence electrons. The first-order chi connectivity index (χ1) is 6.29. The van der Waals surface area contributed by atoms with Gasteiger partial charge in [-0.3, -0.25) is 0 Å². The van der Waals surface area contributed by atoms with Gasteiger partial charge in [0, 0.05) is 18.5 Å². The zero-order valence-corrected chi connectivity index (χ0v) is 8.26. The van der Waals surface area contributed by atoms with Gasteiger partial charge in [0.05, 0.1) is 5.02 Å². The van der Waals surface area contributed by atoms with E-state index in [-0.39, 0.29) is 0 Å². The van der Waals surface area contributed by atoms with Crippen molar-refractivity contribution in [3.8, 4) is 0 Å². The van der Waals surface area contributed by atoms with Crippen molar-refractivity contribution in [1.29, 1.82) is 0 Å². The van der Waals surface area contributed by atoms with Gasteiger partial charge in [-0.05, 0) is 12.1 Å². The van der Waals surface area contributed by atoms with Crippen molar-refractivity contribution < 1.29 is 0 Å². The van der Waals surface area contributed by atoms with Crippen LogP contribution >= 0.6 is 23.2 Å². The van der Waals surface area contributed by atoms with Crippen LogP contribution in [0.2, 0.25) is 5.02 Å². The first-order valence-corrected chi connectivity index (χ1v) is 4.77. The molecule has 0 radical (unpaired) electrons. The van der Waals surface area contributed by atoms with E-state index in [1.54, 1.807) is 16.8 Å². The van der Waals surface area contributed by atoms with Crippen LogP contribution in [0.1, 0.15) is 5.82 Å². The van der Waals surface area contributed by atoms with Crippen molar-refractivity contribution in [2.24, 2.45) is 0 Å². The molecule has 0 N–H and O–H groups in total. The van der Waals surface area contributed by atoms with Crippen LogP contribution in [0.4, 0.5) is 0 Å². The van der Waals surface area contributed by atoms with Gasteiger partial charge >= 0.3 is 0 Å². The molecule has 0 saturated carbocycles. The third-order valence-electron chi connectivity index (χ3n) is 1.66. The number of aryl methyl sites for hydroxylation is 1. The van der Waals surface area contributed by atoms with E-state index < -0.39 is 0 Å². The van der Waals surface area contributed by atoms with Crippen LogP contribution in [-0.2, 0) is 6.42 Å². The van der Waals surface area contributed by atoms with E-state index in [0.717, 1.165) is 11.5 Å². The van der Waals surface area contributed by atoms with Crippen molar-refractivity contribution in [2.45, 2.75) is 6.42 Å². The Morgan fingerprint density at radius 3 is 3.00 bits per heavy atom. The van der Waals surface area contributed by atoms with Crippen LogP contribution < -0.4 is 0 Å². The summed E-state index contributed by atoms with van der Waals surface area (Å²) in [5.41, 5.74) is 0.796. The predicted octanol–water partition coefficient (Wildman–Crippen LogP) is 2.16. The van der Waals surface area contributed by atoms with Crippen LogP contribution in [0.15, 0.2) is 18.3 Å². The average Bonchev–Trinajstić information content (AvgIpc) is 2.46. The van der Waals surface area contributed by atoms with Crippen molar-refractivity contribution >= 4 is 28.8 Å². The molecule has 2 heterocycles. The molecule has 0 aliphatic rings. The van der Waals surface area contributed by atoms with E-state index in [1.165, 1.54) is 0 Å². The lowest BCUT2D eigenvalue weighted by atomic mass is 10.4. The van der Waals surface area contributed by atoms with E-state index in [9.17, 15) is 0 Å². The molecule has 0 spiro atoms. The van der Waals surface area contributed by atoms with Gasteiger partial charge in [0.15, 0.2) is 11.5 Å². The Bertz CT molecular complexity index is 424. The molecule has 0 amide bonds. The molecule has 0 unspecified atom stereocenters. The molecule has 0 saturated heterocycles. The van der Waals surface area contributed by atoms with Gasteiger partial charge in [0.25, 0.3) is 0 Å². The molecule has 0 fully saturated rings. The van der Waals surface area contributed by atoms with Gasteiger partial charge in [-0.15, -0.1) is 11.6 Å². The van der Waals surface area contributed by atoms with Crippen molar-refractivity contribution in [3.05, 3.63) is 29.2 Å². The second kappa shape index (κ2) is 3.52. The molecule has 13 heavy (non-hydrogen) atoms. The molecule has 0 bridgehead atoms. The van der Waals surface area contributed by atoms with E-state index in [1.807, 2.05) is 6.07 Å². The Morgan fingerprint density at radius 1 is 1.38 bits per heavy atom. The highest BCUT2D eigenvalue weighted by Crippen LogP contribution is 2.09. The molecular weight excluding hydrogens is 209 g/mol. The quantitative estimate of drug-likeness (QED) is 0.720. The van der Waals surface area contributed by atoms with Crippen LogP contribution in [0.3, 0.4) is 0 Å². The normalized spacial score (nSPS) is 10.9.